The van der Waals surface area contributed by atoms with Crippen molar-refractivity contribution in [2.75, 3.05) is 39.3 Å². The molecule has 254 valence electrons. The molecule has 2 fully saturated rings. The Morgan fingerprint density at radius 3 is 1.17 bits per heavy atom. The Labute approximate surface area is 267 Å². The molecule has 14 heteroatoms. The molecular formula is C32H44N2O12. The lowest BCUT2D eigenvalue weighted by Gasteiger charge is -2.30. The second-order valence-electron chi connectivity index (χ2n) is 10.8. The van der Waals surface area contributed by atoms with Crippen LogP contribution in [0.2, 0.25) is 0 Å². The number of carboxylic acids is 4. The van der Waals surface area contributed by atoms with Crippen molar-refractivity contribution in [2.24, 2.45) is 0 Å². The standard InChI is InChI=1S/C24H36N2O4.2C4H4O4/c27-23(17-25-13-5-1-6-14-25)29-21-11-12-22(20-10-4-3-9-19(20)21)30-24(28)18-26-15-7-2-8-16-26;2*5-3(6)1-2-4(7)8/h3-4,11-12,23-24,27-28H,1-2,5-10,13-18H2;2*1-2H,(H,5,6)(H,7,8)/b;2*2-1+. The number of carbonyl (C=O) groups is 4. The maximum Gasteiger partial charge on any atom is 0.328 e. The van der Waals surface area contributed by atoms with Crippen LogP contribution >= 0.6 is 0 Å². The number of nitrogens with zero attached hydrogens (tertiary/aromatic N) is 2. The summed E-state index contributed by atoms with van der Waals surface area (Å²) in [7, 11) is 0. The number of benzene rings is 1. The van der Waals surface area contributed by atoms with Gasteiger partial charge in [-0.3, -0.25) is 9.80 Å². The molecule has 1 aliphatic carbocycles. The lowest BCUT2D eigenvalue weighted by molar-refractivity contribution is -0.134. The summed E-state index contributed by atoms with van der Waals surface area (Å²) in [6, 6.07) is 3.75. The fraction of sp³-hybridized carbons (Fsp3) is 0.500. The van der Waals surface area contributed by atoms with E-state index in [1.807, 2.05) is 12.1 Å². The fourth-order valence-corrected chi connectivity index (χ4v) is 5.10. The predicted molar refractivity (Wildman–Crippen MR) is 166 cm³/mol. The topological polar surface area (TPSA) is 215 Å². The number of β-amino-alcohol motifs (C(OH)–C–C–N with tert-alkyl or cyclic N) is 2. The van der Waals surface area contributed by atoms with Gasteiger partial charge in [0.15, 0.2) is 0 Å². The summed E-state index contributed by atoms with van der Waals surface area (Å²) in [5.41, 5.74) is 2.11. The van der Waals surface area contributed by atoms with Crippen LogP contribution in [-0.2, 0) is 32.0 Å². The fourth-order valence-electron chi connectivity index (χ4n) is 5.10. The minimum Gasteiger partial charge on any atom is -0.478 e. The number of fused-ring (bicyclic) bond motifs is 1. The Balaban J connectivity index is 0.000000381. The van der Waals surface area contributed by atoms with Crippen LogP contribution in [0.25, 0.3) is 0 Å². The van der Waals surface area contributed by atoms with E-state index in [4.69, 9.17) is 29.9 Å². The van der Waals surface area contributed by atoms with E-state index in [-0.39, 0.29) is 0 Å². The van der Waals surface area contributed by atoms with E-state index in [1.165, 1.54) is 38.5 Å². The lowest BCUT2D eigenvalue weighted by Crippen LogP contribution is -2.39. The Hall–Kier alpha value is -4.24. The van der Waals surface area contributed by atoms with Crippen LogP contribution in [0.1, 0.15) is 49.7 Å². The molecule has 0 spiro atoms. The molecule has 0 saturated carbocycles. The molecule has 2 saturated heterocycles. The first kappa shape index (κ1) is 37.9. The number of likely N-dealkylation sites (tertiary alicyclic amines) is 2. The molecule has 2 heterocycles. The molecule has 3 aliphatic rings. The van der Waals surface area contributed by atoms with Crippen LogP contribution in [0.4, 0.5) is 0 Å². The molecule has 0 radical (unpaired) electrons. The van der Waals surface area contributed by atoms with Gasteiger partial charge in [0.1, 0.15) is 11.5 Å². The third kappa shape index (κ3) is 15.7. The van der Waals surface area contributed by atoms with Crippen LogP contribution < -0.4 is 9.47 Å². The normalized spacial score (nSPS) is 17.9. The van der Waals surface area contributed by atoms with Gasteiger partial charge in [-0.2, -0.15) is 0 Å². The second kappa shape index (κ2) is 20.7. The summed E-state index contributed by atoms with van der Waals surface area (Å²) < 4.78 is 11.9. The summed E-state index contributed by atoms with van der Waals surface area (Å²) >= 11 is 0. The van der Waals surface area contributed by atoms with E-state index in [0.717, 1.165) is 61.6 Å². The van der Waals surface area contributed by atoms with Crippen LogP contribution in [0.5, 0.6) is 11.5 Å². The predicted octanol–water partition coefficient (Wildman–Crippen LogP) is 2.13. The van der Waals surface area contributed by atoms with Gasteiger partial charge in [-0.15, -0.1) is 0 Å². The molecule has 0 amide bonds. The highest BCUT2D eigenvalue weighted by atomic mass is 16.6. The molecule has 0 bridgehead atoms. The molecule has 46 heavy (non-hydrogen) atoms. The zero-order valence-electron chi connectivity index (χ0n) is 25.7. The summed E-state index contributed by atoms with van der Waals surface area (Å²) in [5, 5.41) is 52.2. The van der Waals surface area contributed by atoms with Crippen molar-refractivity contribution in [2.45, 2.75) is 63.9 Å². The van der Waals surface area contributed by atoms with E-state index in [0.29, 0.717) is 37.4 Å². The van der Waals surface area contributed by atoms with E-state index < -0.39 is 36.5 Å². The summed E-state index contributed by atoms with van der Waals surface area (Å²) in [4.78, 5) is 42.8. The number of rotatable bonds is 12. The van der Waals surface area contributed by atoms with Crippen molar-refractivity contribution in [1.82, 2.24) is 9.80 Å². The number of hydrogen-bond acceptors (Lipinski definition) is 10. The number of aliphatic hydroxyl groups excluding tert-OH is 2. The van der Waals surface area contributed by atoms with Crippen LogP contribution in [-0.4, -0.2) is 116 Å². The highest BCUT2D eigenvalue weighted by Gasteiger charge is 2.22. The van der Waals surface area contributed by atoms with Gasteiger partial charge >= 0.3 is 23.9 Å². The Morgan fingerprint density at radius 2 is 0.891 bits per heavy atom. The third-order valence-corrected chi connectivity index (χ3v) is 7.14. The van der Waals surface area contributed by atoms with Crippen molar-refractivity contribution < 1.29 is 59.3 Å². The van der Waals surface area contributed by atoms with Crippen molar-refractivity contribution in [3.63, 3.8) is 0 Å². The van der Waals surface area contributed by atoms with E-state index in [1.54, 1.807) is 0 Å². The Kier molecular flexibility index (Phi) is 17.1. The molecule has 1 aromatic carbocycles. The van der Waals surface area contributed by atoms with E-state index in [9.17, 15) is 29.4 Å². The van der Waals surface area contributed by atoms with Gasteiger partial charge in [0.25, 0.3) is 0 Å². The van der Waals surface area contributed by atoms with Crippen molar-refractivity contribution in [3.8, 4) is 11.5 Å². The van der Waals surface area contributed by atoms with Gasteiger partial charge in [0.2, 0.25) is 12.6 Å². The molecule has 6 N–H and O–H groups in total. The largest absolute Gasteiger partial charge is 0.478 e. The molecule has 2 unspecified atom stereocenters. The lowest BCUT2D eigenvalue weighted by atomic mass is 9.95. The van der Waals surface area contributed by atoms with E-state index >= 15 is 0 Å². The molecule has 0 aromatic heterocycles. The average Bonchev–Trinajstić information content (AvgIpc) is 3.02. The summed E-state index contributed by atoms with van der Waals surface area (Å²) in [6.45, 7) is 5.20. The summed E-state index contributed by atoms with van der Waals surface area (Å²) in [6.07, 6.45) is 13.6. The van der Waals surface area contributed by atoms with Gasteiger partial charge < -0.3 is 40.1 Å². The first-order chi connectivity index (χ1) is 21.9. The number of hydrogen-bond donors (Lipinski definition) is 6. The maximum absolute atomic E-state index is 10.5. The molecule has 2 aliphatic heterocycles. The molecule has 4 rings (SSSR count). The van der Waals surface area contributed by atoms with Crippen LogP contribution in [0, 0.1) is 0 Å². The van der Waals surface area contributed by atoms with Crippen molar-refractivity contribution in [3.05, 3.63) is 59.7 Å². The van der Waals surface area contributed by atoms with E-state index in [2.05, 4.69) is 22.0 Å². The third-order valence-electron chi connectivity index (χ3n) is 7.14. The van der Waals surface area contributed by atoms with Gasteiger partial charge in [0, 0.05) is 35.4 Å². The quantitative estimate of drug-likeness (QED) is 0.109. The minimum absolute atomic E-state index is 0.539. The number of carboxylic acid groups (broad SMARTS) is 4. The second-order valence-corrected chi connectivity index (χ2v) is 10.8. The number of aliphatic carboxylic acids is 4. The Bertz CT molecular complexity index is 1110. The van der Waals surface area contributed by atoms with Gasteiger partial charge in [-0.05, 0) is 76.8 Å². The number of ether oxygens (including phenoxy) is 2. The molecule has 1 aromatic rings. The van der Waals surface area contributed by atoms with Crippen molar-refractivity contribution >= 4 is 23.9 Å². The van der Waals surface area contributed by atoms with Gasteiger partial charge in [-0.25, -0.2) is 19.2 Å². The monoisotopic (exact) mass is 648 g/mol. The Morgan fingerprint density at radius 1 is 0.587 bits per heavy atom. The highest BCUT2D eigenvalue weighted by Crippen LogP contribution is 2.35. The SMILES string of the molecule is O=C(O)/C=C/C(=O)O.O=C(O)/C=C/C(=O)O.OC(CN1CCCCC1)Oc1ccc(OC(O)CN2CCCCC2)c2c1CC=CC2. The zero-order valence-corrected chi connectivity index (χ0v) is 25.7. The first-order valence-corrected chi connectivity index (χ1v) is 15.2. The average molecular weight is 649 g/mol. The van der Waals surface area contributed by atoms with Gasteiger partial charge in [-0.1, -0.05) is 25.0 Å². The number of aliphatic hydroxyl groups is 2. The highest BCUT2D eigenvalue weighted by molar-refractivity contribution is 5.90. The zero-order chi connectivity index (χ0) is 33.9. The van der Waals surface area contributed by atoms with Crippen LogP contribution in [0.3, 0.4) is 0 Å². The smallest absolute Gasteiger partial charge is 0.328 e. The van der Waals surface area contributed by atoms with Crippen molar-refractivity contribution in [1.29, 1.82) is 0 Å². The minimum atomic E-state index is -1.26. The first-order valence-electron chi connectivity index (χ1n) is 15.2. The number of piperidine rings is 2. The van der Waals surface area contributed by atoms with Gasteiger partial charge in [0.05, 0.1) is 13.1 Å². The maximum atomic E-state index is 10.5. The molecule has 2 atom stereocenters. The molecular weight excluding hydrogens is 604 g/mol. The summed E-state index contributed by atoms with van der Waals surface area (Å²) in [5.74, 6) is -3.59. The van der Waals surface area contributed by atoms with Crippen LogP contribution in [0.15, 0.2) is 48.6 Å². The number of allylic oxidation sites excluding steroid dienone is 2. The molecule has 14 nitrogen and oxygen atoms in total.